The Morgan fingerprint density at radius 3 is 3.00 bits per heavy atom. The van der Waals surface area contributed by atoms with E-state index in [1.54, 1.807) is 0 Å². The second kappa shape index (κ2) is 5.79. The summed E-state index contributed by atoms with van der Waals surface area (Å²) >= 11 is 0. The maximum Gasteiger partial charge on any atom is 0.226 e. The summed E-state index contributed by atoms with van der Waals surface area (Å²) < 4.78 is 16.9. The van der Waals surface area contributed by atoms with E-state index in [0.29, 0.717) is 5.82 Å². The largest absolute Gasteiger partial charge is 0.375 e. The van der Waals surface area contributed by atoms with E-state index < -0.39 is 0 Å². The van der Waals surface area contributed by atoms with Gasteiger partial charge in [-0.2, -0.15) is 4.98 Å². The number of aromatic nitrogens is 2. The molecule has 6 heteroatoms. The number of hydrogen-bond donors (Lipinski definition) is 0. The van der Waals surface area contributed by atoms with E-state index in [2.05, 4.69) is 22.0 Å². The molecule has 1 aromatic rings. The van der Waals surface area contributed by atoms with Gasteiger partial charge in [0, 0.05) is 32.5 Å². The highest BCUT2D eigenvalue weighted by Gasteiger charge is 2.45. The molecule has 0 radical (unpaired) electrons. The fourth-order valence-corrected chi connectivity index (χ4v) is 3.13. The first-order valence-corrected chi connectivity index (χ1v) is 7.45. The Morgan fingerprint density at radius 1 is 1.40 bits per heavy atom. The molecule has 0 aromatic carbocycles. The van der Waals surface area contributed by atoms with Gasteiger partial charge < -0.3 is 14.0 Å². The van der Waals surface area contributed by atoms with Gasteiger partial charge in [0.2, 0.25) is 5.89 Å². The van der Waals surface area contributed by atoms with Crippen molar-refractivity contribution in [3.8, 4) is 0 Å². The van der Waals surface area contributed by atoms with Crippen LogP contribution >= 0.6 is 0 Å². The first-order chi connectivity index (χ1) is 9.68. The molecule has 2 atom stereocenters. The van der Waals surface area contributed by atoms with Crippen molar-refractivity contribution in [3.05, 3.63) is 11.7 Å². The maximum absolute atomic E-state index is 6.03. The molecule has 2 fully saturated rings. The Hall–Kier alpha value is -0.980. The quantitative estimate of drug-likeness (QED) is 0.826. The summed E-state index contributed by atoms with van der Waals surface area (Å²) in [6.45, 7) is 8.59. The van der Waals surface area contributed by atoms with Crippen LogP contribution in [0, 0.1) is 6.92 Å². The molecule has 0 saturated carbocycles. The summed E-state index contributed by atoms with van der Waals surface area (Å²) in [5, 5.41) is 3.81. The normalized spacial score (nSPS) is 31.2. The van der Waals surface area contributed by atoms with Crippen molar-refractivity contribution >= 4 is 0 Å². The van der Waals surface area contributed by atoms with Crippen molar-refractivity contribution in [1.82, 2.24) is 15.0 Å². The Bertz CT molecular complexity index is 451. The molecule has 0 bridgehead atoms. The number of rotatable bonds is 4. The Morgan fingerprint density at radius 2 is 2.30 bits per heavy atom. The molecular weight excluding hydrogens is 258 g/mol. The van der Waals surface area contributed by atoms with Crippen molar-refractivity contribution in [2.45, 2.75) is 44.8 Å². The van der Waals surface area contributed by atoms with Crippen LogP contribution in [0.2, 0.25) is 0 Å². The van der Waals surface area contributed by atoms with Gasteiger partial charge in [-0.25, -0.2) is 0 Å². The first kappa shape index (κ1) is 14.0. The fourth-order valence-electron chi connectivity index (χ4n) is 3.13. The Labute approximate surface area is 119 Å². The molecular formula is C14H23N3O3. The molecule has 1 aromatic heterocycles. The lowest BCUT2D eigenvalue weighted by Gasteiger charge is -2.42. The minimum absolute atomic E-state index is 0.0840. The molecule has 0 aliphatic carbocycles. The number of morpholine rings is 1. The second-order valence-electron chi connectivity index (χ2n) is 5.79. The maximum atomic E-state index is 6.03. The molecule has 2 unspecified atom stereocenters. The van der Waals surface area contributed by atoms with Gasteiger partial charge in [0.1, 0.15) is 5.60 Å². The number of nitrogens with zero attached hydrogens (tertiary/aromatic N) is 3. The Balaban J connectivity index is 1.48. The molecule has 2 aliphatic heterocycles. The van der Waals surface area contributed by atoms with Crippen LogP contribution in [0.25, 0.3) is 0 Å². The molecule has 2 aliphatic rings. The number of ether oxygens (including phenoxy) is 2. The van der Waals surface area contributed by atoms with E-state index in [1.165, 1.54) is 0 Å². The summed E-state index contributed by atoms with van der Waals surface area (Å²) in [4.78, 5) is 6.71. The van der Waals surface area contributed by atoms with Crippen LogP contribution in [0.1, 0.15) is 31.5 Å². The van der Waals surface area contributed by atoms with Crippen LogP contribution in [0.5, 0.6) is 0 Å². The molecule has 1 spiro atoms. The van der Waals surface area contributed by atoms with Gasteiger partial charge in [-0.05, 0) is 26.8 Å². The zero-order valence-corrected chi connectivity index (χ0v) is 12.3. The van der Waals surface area contributed by atoms with Gasteiger partial charge in [0.05, 0.1) is 12.7 Å². The number of hydrogen-bond acceptors (Lipinski definition) is 6. The monoisotopic (exact) mass is 281 g/mol. The zero-order valence-electron chi connectivity index (χ0n) is 12.3. The average Bonchev–Trinajstić information content (AvgIpc) is 2.98. The second-order valence-corrected chi connectivity index (χ2v) is 5.79. The highest BCUT2D eigenvalue weighted by Crippen LogP contribution is 2.33. The third-order valence-corrected chi connectivity index (χ3v) is 4.36. The minimum Gasteiger partial charge on any atom is -0.375 e. The van der Waals surface area contributed by atoms with Crippen LogP contribution in [0.15, 0.2) is 4.52 Å². The predicted molar refractivity (Wildman–Crippen MR) is 72.5 cm³/mol. The smallest absolute Gasteiger partial charge is 0.226 e. The lowest BCUT2D eigenvalue weighted by molar-refractivity contribution is -0.135. The molecule has 0 N–H and O–H groups in total. The standard InChI is InChI=1S/C14H23N3O3/c1-11-14(5-8-18-11)10-17(7-9-19-14)6-3-4-13-15-12(2)16-20-13/h11H,3-10H2,1-2H3. The average molecular weight is 281 g/mol. The van der Waals surface area contributed by atoms with Gasteiger partial charge >= 0.3 is 0 Å². The minimum atomic E-state index is -0.0840. The molecule has 3 heterocycles. The Kier molecular flexibility index (Phi) is 4.05. The lowest BCUT2D eigenvalue weighted by Crippen LogP contribution is -2.55. The van der Waals surface area contributed by atoms with Crippen LogP contribution in [-0.4, -0.2) is 59.6 Å². The van der Waals surface area contributed by atoms with Crippen molar-refractivity contribution < 1.29 is 14.0 Å². The van der Waals surface area contributed by atoms with Crippen molar-refractivity contribution in [1.29, 1.82) is 0 Å². The van der Waals surface area contributed by atoms with E-state index >= 15 is 0 Å². The number of aryl methyl sites for hydroxylation is 2. The van der Waals surface area contributed by atoms with Gasteiger partial charge in [-0.3, -0.25) is 4.90 Å². The lowest BCUT2D eigenvalue weighted by atomic mass is 9.94. The summed E-state index contributed by atoms with van der Waals surface area (Å²) in [6, 6.07) is 0. The topological polar surface area (TPSA) is 60.6 Å². The SMILES string of the molecule is Cc1noc(CCCN2CCOC3(CCOC3C)C2)n1. The van der Waals surface area contributed by atoms with Crippen molar-refractivity contribution in [2.24, 2.45) is 0 Å². The van der Waals surface area contributed by atoms with Crippen molar-refractivity contribution in [3.63, 3.8) is 0 Å². The molecule has 20 heavy (non-hydrogen) atoms. The van der Waals surface area contributed by atoms with Gasteiger partial charge in [0.25, 0.3) is 0 Å². The highest BCUT2D eigenvalue weighted by atomic mass is 16.6. The third kappa shape index (κ3) is 2.87. The van der Waals surface area contributed by atoms with E-state index in [4.69, 9.17) is 14.0 Å². The third-order valence-electron chi connectivity index (χ3n) is 4.36. The molecule has 0 amide bonds. The van der Waals surface area contributed by atoms with Gasteiger partial charge in [-0.15, -0.1) is 0 Å². The summed E-state index contributed by atoms with van der Waals surface area (Å²) in [7, 11) is 0. The van der Waals surface area contributed by atoms with Crippen LogP contribution in [-0.2, 0) is 15.9 Å². The highest BCUT2D eigenvalue weighted by molar-refractivity contribution is 4.96. The molecule has 3 rings (SSSR count). The van der Waals surface area contributed by atoms with Crippen LogP contribution in [0.3, 0.4) is 0 Å². The summed E-state index contributed by atoms with van der Waals surface area (Å²) in [5.41, 5.74) is -0.0840. The van der Waals surface area contributed by atoms with E-state index in [1.807, 2.05) is 6.92 Å². The summed E-state index contributed by atoms with van der Waals surface area (Å²) in [5.74, 6) is 1.45. The van der Waals surface area contributed by atoms with E-state index in [-0.39, 0.29) is 11.7 Å². The predicted octanol–water partition coefficient (Wildman–Crippen LogP) is 1.19. The van der Waals surface area contributed by atoms with Crippen LogP contribution in [0.4, 0.5) is 0 Å². The van der Waals surface area contributed by atoms with E-state index in [9.17, 15) is 0 Å². The van der Waals surface area contributed by atoms with Gasteiger partial charge in [0.15, 0.2) is 5.82 Å². The molecule has 112 valence electrons. The van der Waals surface area contributed by atoms with Gasteiger partial charge in [-0.1, -0.05) is 5.16 Å². The molecule has 2 saturated heterocycles. The first-order valence-electron chi connectivity index (χ1n) is 7.45. The van der Waals surface area contributed by atoms with E-state index in [0.717, 1.165) is 58.0 Å². The summed E-state index contributed by atoms with van der Waals surface area (Å²) in [6.07, 6.45) is 3.08. The zero-order chi connectivity index (χ0) is 14.0. The molecule has 6 nitrogen and oxygen atoms in total. The van der Waals surface area contributed by atoms with Crippen molar-refractivity contribution in [2.75, 3.05) is 32.8 Å². The fraction of sp³-hybridized carbons (Fsp3) is 0.857. The van der Waals surface area contributed by atoms with Crippen LogP contribution < -0.4 is 0 Å².